The molecule has 0 aliphatic heterocycles. The molecule has 0 saturated carbocycles. The third-order valence-electron chi connectivity index (χ3n) is 2.19. The molecule has 0 aliphatic rings. The van der Waals surface area contributed by atoms with Crippen molar-refractivity contribution in [1.29, 1.82) is 0 Å². The molecule has 1 atom stereocenters. The van der Waals surface area contributed by atoms with Crippen LogP contribution in [0.5, 0.6) is 0 Å². The monoisotopic (exact) mass is 242 g/mol. The van der Waals surface area contributed by atoms with Crippen LogP contribution in [-0.2, 0) is 11.3 Å². The van der Waals surface area contributed by atoms with E-state index in [9.17, 15) is 4.79 Å². The molecule has 90 valence electrons. The number of nitrogens with one attached hydrogen (secondary N) is 1. The lowest BCUT2D eigenvalue weighted by Gasteiger charge is -2.09. The van der Waals surface area contributed by atoms with Gasteiger partial charge in [-0.3, -0.25) is 9.48 Å². The number of rotatable bonds is 6. The minimum absolute atomic E-state index is 0.148. The molecule has 1 amide bonds. The van der Waals surface area contributed by atoms with E-state index in [1.807, 2.05) is 13.2 Å². The Hall–Kier alpha value is -1.01. The van der Waals surface area contributed by atoms with Gasteiger partial charge in [0.1, 0.15) is 0 Å². The van der Waals surface area contributed by atoms with E-state index in [4.69, 9.17) is 5.73 Å². The Morgan fingerprint density at radius 3 is 3.06 bits per heavy atom. The maximum absolute atomic E-state index is 11.6. The van der Waals surface area contributed by atoms with Crippen LogP contribution in [0, 0.1) is 0 Å². The summed E-state index contributed by atoms with van der Waals surface area (Å²) in [6.07, 6.45) is 6.10. The number of nitrogens with zero attached hydrogens (tertiary/aromatic N) is 2. The standard InChI is InChI=1S/C10H18N4OS/c1-3-14-7-8(6-12-14)13-10(15)9(11)4-5-16-2/h6-7,9H,3-5,11H2,1-2H3,(H,13,15)/t9-/m1/s1. The Labute approximate surface area is 99.8 Å². The van der Waals surface area contributed by atoms with Crippen LogP contribution in [0.4, 0.5) is 5.69 Å². The van der Waals surface area contributed by atoms with Gasteiger partial charge < -0.3 is 11.1 Å². The number of aryl methyl sites for hydroxylation is 1. The van der Waals surface area contributed by atoms with Gasteiger partial charge >= 0.3 is 0 Å². The first kappa shape index (κ1) is 13.1. The highest BCUT2D eigenvalue weighted by Gasteiger charge is 2.13. The number of hydrogen-bond acceptors (Lipinski definition) is 4. The molecule has 0 radical (unpaired) electrons. The molecule has 0 aromatic carbocycles. The first-order valence-electron chi connectivity index (χ1n) is 5.25. The van der Waals surface area contributed by atoms with Crippen molar-refractivity contribution >= 4 is 23.4 Å². The maximum atomic E-state index is 11.6. The van der Waals surface area contributed by atoms with E-state index < -0.39 is 6.04 Å². The van der Waals surface area contributed by atoms with Crippen LogP contribution < -0.4 is 11.1 Å². The van der Waals surface area contributed by atoms with Crippen molar-refractivity contribution in [2.24, 2.45) is 5.73 Å². The summed E-state index contributed by atoms with van der Waals surface area (Å²) in [6.45, 7) is 2.78. The largest absolute Gasteiger partial charge is 0.322 e. The van der Waals surface area contributed by atoms with E-state index in [-0.39, 0.29) is 5.91 Å². The average Bonchev–Trinajstić information content (AvgIpc) is 2.73. The Morgan fingerprint density at radius 2 is 2.50 bits per heavy atom. The molecule has 0 bridgehead atoms. The summed E-state index contributed by atoms with van der Waals surface area (Å²) in [5.41, 5.74) is 6.44. The van der Waals surface area contributed by atoms with E-state index >= 15 is 0 Å². The predicted molar refractivity (Wildman–Crippen MR) is 67.5 cm³/mol. The van der Waals surface area contributed by atoms with Gasteiger partial charge in [0.2, 0.25) is 5.91 Å². The zero-order chi connectivity index (χ0) is 12.0. The van der Waals surface area contributed by atoms with Gasteiger partial charge in [-0.1, -0.05) is 0 Å². The van der Waals surface area contributed by atoms with Crippen LogP contribution in [0.25, 0.3) is 0 Å². The quantitative estimate of drug-likeness (QED) is 0.778. The Balaban J connectivity index is 2.44. The summed E-state index contributed by atoms with van der Waals surface area (Å²) in [5, 5.41) is 6.82. The number of aromatic nitrogens is 2. The van der Waals surface area contributed by atoms with E-state index in [0.29, 0.717) is 12.1 Å². The molecule has 0 spiro atoms. The van der Waals surface area contributed by atoms with Crippen molar-refractivity contribution in [2.75, 3.05) is 17.3 Å². The molecule has 1 aromatic rings. The molecular weight excluding hydrogens is 224 g/mol. The molecular formula is C10H18N4OS. The van der Waals surface area contributed by atoms with Gasteiger partial charge in [0.15, 0.2) is 0 Å². The van der Waals surface area contributed by atoms with E-state index in [2.05, 4.69) is 10.4 Å². The van der Waals surface area contributed by atoms with E-state index in [1.54, 1.807) is 28.8 Å². The summed E-state index contributed by atoms with van der Waals surface area (Å²) >= 11 is 1.68. The first-order chi connectivity index (χ1) is 7.67. The third-order valence-corrected chi connectivity index (χ3v) is 2.84. The van der Waals surface area contributed by atoms with Crippen molar-refractivity contribution in [3.63, 3.8) is 0 Å². The van der Waals surface area contributed by atoms with Gasteiger partial charge in [-0.25, -0.2) is 0 Å². The van der Waals surface area contributed by atoms with Crippen LogP contribution >= 0.6 is 11.8 Å². The van der Waals surface area contributed by atoms with E-state index in [1.165, 1.54) is 0 Å². The fourth-order valence-electron chi connectivity index (χ4n) is 1.21. The van der Waals surface area contributed by atoms with Crippen molar-refractivity contribution in [3.05, 3.63) is 12.4 Å². The van der Waals surface area contributed by atoms with Gasteiger partial charge in [-0.15, -0.1) is 0 Å². The van der Waals surface area contributed by atoms with Crippen molar-refractivity contribution in [3.8, 4) is 0 Å². The van der Waals surface area contributed by atoms with Crippen LogP contribution in [-0.4, -0.2) is 33.7 Å². The molecule has 16 heavy (non-hydrogen) atoms. The number of carbonyl (C=O) groups is 1. The Bertz CT molecular complexity index is 339. The van der Waals surface area contributed by atoms with Gasteiger partial charge in [0.25, 0.3) is 0 Å². The van der Waals surface area contributed by atoms with E-state index in [0.717, 1.165) is 12.3 Å². The molecule has 0 aliphatic carbocycles. The number of nitrogens with two attached hydrogens (primary N) is 1. The van der Waals surface area contributed by atoms with Crippen LogP contribution in [0.15, 0.2) is 12.4 Å². The zero-order valence-corrected chi connectivity index (χ0v) is 10.5. The normalized spacial score (nSPS) is 12.4. The molecule has 1 heterocycles. The molecule has 0 fully saturated rings. The smallest absolute Gasteiger partial charge is 0.241 e. The lowest BCUT2D eigenvalue weighted by atomic mass is 10.2. The van der Waals surface area contributed by atoms with Gasteiger partial charge in [0.05, 0.1) is 17.9 Å². The second-order valence-corrected chi connectivity index (χ2v) is 4.45. The molecule has 3 N–H and O–H groups in total. The highest BCUT2D eigenvalue weighted by Crippen LogP contribution is 2.06. The van der Waals surface area contributed by atoms with Crippen molar-refractivity contribution in [1.82, 2.24) is 9.78 Å². The van der Waals surface area contributed by atoms with Crippen molar-refractivity contribution in [2.45, 2.75) is 25.9 Å². The second kappa shape index (κ2) is 6.55. The second-order valence-electron chi connectivity index (χ2n) is 3.46. The maximum Gasteiger partial charge on any atom is 0.241 e. The molecule has 1 aromatic heterocycles. The van der Waals surface area contributed by atoms with Crippen molar-refractivity contribution < 1.29 is 4.79 Å². The zero-order valence-electron chi connectivity index (χ0n) is 9.64. The summed E-state index contributed by atoms with van der Waals surface area (Å²) in [7, 11) is 0. The summed E-state index contributed by atoms with van der Waals surface area (Å²) in [4.78, 5) is 11.6. The Kier molecular flexibility index (Phi) is 5.34. The lowest BCUT2D eigenvalue weighted by molar-refractivity contribution is -0.117. The van der Waals surface area contributed by atoms with Crippen LogP contribution in [0.1, 0.15) is 13.3 Å². The molecule has 0 unspecified atom stereocenters. The minimum atomic E-state index is -0.447. The number of carbonyl (C=O) groups excluding carboxylic acids is 1. The summed E-state index contributed by atoms with van der Waals surface area (Å²) < 4.78 is 1.75. The molecule has 1 rings (SSSR count). The predicted octanol–water partition coefficient (Wildman–Crippen LogP) is 0.922. The lowest BCUT2D eigenvalue weighted by Crippen LogP contribution is -2.35. The SMILES string of the molecule is CCn1cc(NC(=O)[C@H](N)CCSC)cn1. The van der Waals surface area contributed by atoms with Gasteiger partial charge in [-0.2, -0.15) is 16.9 Å². The molecule has 5 nitrogen and oxygen atoms in total. The average molecular weight is 242 g/mol. The topological polar surface area (TPSA) is 72.9 Å². The molecule has 0 saturated heterocycles. The van der Waals surface area contributed by atoms with Gasteiger partial charge in [-0.05, 0) is 25.4 Å². The summed E-state index contributed by atoms with van der Waals surface area (Å²) in [6, 6.07) is -0.447. The number of amides is 1. The number of anilines is 1. The molecule has 6 heteroatoms. The third kappa shape index (κ3) is 3.86. The van der Waals surface area contributed by atoms with Gasteiger partial charge in [0, 0.05) is 12.7 Å². The minimum Gasteiger partial charge on any atom is -0.322 e. The number of thioether (sulfide) groups is 1. The fraction of sp³-hybridized carbons (Fsp3) is 0.600. The van der Waals surface area contributed by atoms with Crippen LogP contribution in [0.2, 0.25) is 0 Å². The highest BCUT2D eigenvalue weighted by molar-refractivity contribution is 7.98. The van der Waals surface area contributed by atoms with Crippen LogP contribution in [0.3, 0.4) is 0 Å². The Morgan fingerprint density at radius 1 is 1.75 bits per heavy atom. The highest BCUT2D eigenvalue weighted by atomic mass is 32.2. The number of hydrogen-bond donors (Lipinski definition) is 2. The first-order valence-corrected chi connectivity index (χ1v) is 6.64. The fourth-order valence-corrected chi connectivity index (χ4v) is 1.70. The summed E-state index contributed by atoms with van der Waals surface area (Å²) in [5.74, 6) is 0.743.